The van der Waals surface area contributed by atoms with Crippen LogP contribution in [0.5, 0.6) is 0 Å². The van der Waals surface area contributed by atoms with Gasteiger partial charge in [-0.1, -0.05) is 49.4 Å². The van der Waals surface area contributed by atoms with Gasteiger partial charge in [0.15, 0.2) is 0 Å². The lowest BCUT2D eigenvalue weighted by Crippen LogP contribution is -2.32. The summed E-state index contributed by atoms with van der Waals surface area (Å²) < 4.78 is 0. The molecule has 3 aromatic carbocycles. The first-order valence-corrected chi connectivity index (χ1v) is 12.5. The van der Waals surface area contributed by atoms with Gasteiger partial charge in [-0.05, 0) is 73.2 Å². The van der Waals surface area contributed by atoms with Gasteiger partial charge >= 0.3 is 0 Å². The van der Waals surface area contributed by atoms with Crippen molar-refractivity contribution in [3.05, 3.63) is 95.6 Å². The highest BCUT2D eigenvalue weighted by atomic mass is 32.2. The molecule has 1 amide bonds. The third-order valence-corrected chi connectivity index (χ3v) is 7.34. The van der Waals surface area contributed by atoms with Crippen molar-refractivity contribution >= 4 is 23.4 Å². The van der Waals surface area contributed by atoms with Crippen LogP contribution in [0.3, 0.4) is 0 Å². The largest absolute Gasteiger partial charge is 0.372 e. The van der Waals surface area contributed by atoms with Crippen molar-refractivity contribution in [1.82, 2.24) is 5.32 Å². The minimum atomic E-state index is -0.0359. The Morgan fingerprint density at radius 3 is 2.28 bits per heavy atom. The Labute approximate surface area is 196 Å². The van der Waals surface area contributed by atoms with Gasteiger partial charge in [-0.15, -0.1) is 11.8 Å². The number of thioether (sulfide) groups is 1. The number of hydrogen-bond donors (Lipinski definition) is 1. The van der Waals surface area contributed by atoms with E-state index in [2.05, 4.69) is 65.7 Å². The summed E-state index contributed by atoms with van der Waals surface area (Å²) in [4.78, 5) is 16.5. The third-order valence-electron chi connectivity index (χ3n) is 6.25. The summed E-state index contributed by atoms with van der Waals surface area (Å²) in [5.74, 6) is 1.69. The van der Waals surface area contributed by atoms with Crippen LogP contribution >= 0.6 is 11.8 Å². The molecule has 32 heavy (non-hydrogen) atoms. The molecule has 1 aliphatic heterocycles. The lowest BCUT2D eigenvalue weighted by atomic mass is 9.98. The highest BCUT2D eigenvalue weighted by Crippen LogP contribution is 2.25. The SMILES string of the molecule is CC1CCN(c2ccc(C(C)NC(=O)c3ccc(CSc4ccccc4)cc3)cc2)CC1. The first-order valence-electron chi connectivity index (χ1n) is 11.5. The zero-order valence-corrected chi connectivity index (χ0v) is 19.8. The van der Waals surface area contributed by atoms with Crippen LogP contribution in [0, 0.1) is 5.92 Å². The number of nitrogens with one attached hydrogen (secondary N) is 1. The molecule has 166 valence electrons. The van der Waals surface area contributed by atoms with E-state index in [-0.39, 0.29) is 11.9 Å². The maximum atomic E-state index is 12.7. The molecule has 1 heterocycles. The Hall–Kier alpha value is -2.72. The van der Waals surface area contributed by atoms with Crippen molar-refractivity contribution in [2.75, 3.05) is 18.0 Å². The van der Waals surface area contributed by atoms with Crippen molar-refractivity contribution in [1.29, 1.82) is 0 Å². The number of carbonyl (C=O) groups is 1. The Balaban J connectivity index is 1.30. The second-order valence-electron chi connectivity index (χ2n) is 8.75. The topological polar surface area (TPSA) is 32.3 Å². The molecule has 3 aromatic rings. The van der Waals surface area contributed by atoms with Crippen molar-refractivity contribution < 1.29 is 4.79 Å². The van der Waals surface area contributed by atoms with E-state index in [9.17, 15) is 4.79 Å². The normalized spacial score (nSPS) is 15.4. The molecule has 1 saturated heterocycles. The highest BCUT2D eigenvalue weighted by Gasteiger charge is 2.17. The van der Waals surface area contributed by atoms with Gasteiger partial charge in [-0.3, -0.25) is 4.79 Å². The molecular weight excluding hydrogens is 412 g/mol. The lowest BCUT2D eigenvalue weighted by Gasteiger charge is -2.32. The number of hydrogen-bond acceptors (Lipinski definition) is 3. The summed E-state index contributed by atoms with van der Waals surface area (Å²) >= 11 is 1.80. The zero-order valence-electron chi connectivity index (χ0n) is 19.0. The van der Waals surface area contributed by atoms with E-state index in [0.29, 0.717) is 5.56 Å². The second-order valence-corrected chi connectivity index (χ2v) is 9.80. The molecule has 1 atom stereocenters. The molecule has 0 bridgehead atoms. The van der Waals surface area contributed by atoms with Crippen molar-refractivity contribution in [3.63, 3.8) is 0 Å². The first-order chi connectivity index (χ1) is 15.6. The summed E-state index contributed by atoms with van der Waals surface area (Å²) in [6.07, 6.45) is 2.52. The summed E-state index contributed by atoms with van der Waals surface area (Å²) in [6.45, 7) is 6.64. The van der Waals surface area contributed by atoms with Gasteiger partial charge in [-0.25, -0.2) is 0 Å². The maximum Gasteiger partial charge on any atom is 0.251 e. The van der Waals surface area contributed by atoms with E-state index < -0.39 is 0 Å². The van der Waals surface area contributed by atoms with Gasteiger partial charge in [0.25, 0.3) is 5.91 Å². The molecule has 0 spiro atoms. The highest BCUT2D eigenvalue weighted by molar-refractivity contribution is 7.98. The van der Waals surface area contributed by atoms with Crippen molar-refractivity contribution in [2.45, 2.75) is 43.4 Å². The van der Waals surface area contributed by atoms with Crippen LogP contribution in [0.1, 0.15) is 54.2 Å². The van der Waals surface area contributed by atoms with Gasteiger partial charge < -0.3 is 10.2 Å². The van der Waals surface area contributed by atoms with Crippen molar-refractivity contribution in [2.24, 2.45) is 5.92 Å². The first kappa shape index (κ1) is 22.5. The maximum absolute atomic E-state index is 12.7. The number of carbonyl (C=O) groups excluding carboxylic acids is 1. The molecule has 0 aromatic heterocycles. The number of nitrogens with zero attached hydrogens (tertiary/aromatic N) is 1. The minimum absolute atomic E-state index is 0.0335. The molecule has 0 saturated carbocycles. The van der Waals surface area contributed by atoms with E-state index in [0.717, 1.165) is 30.3 Å². The number of piperidine rings is 1. The fraction of sp³-hybridized carbons (Fsp3) is 0.321. The number of benzene rings is 3. The zero-order chi connectivity index (χ0) is 22.3. The predicted octanol–water partition coefficient (Wildman–Crippen LogP) is 6.71. The van der Waals surface area contributed by atoms with E-state index in [4.69, 9.17) is 0 Å². The summed E-state index contributed by atoms with van der Waals surface area (Å²) in [6, 6.07) is 26.9. The average molecular weight is 445 g/mol. The molecule has 4 heteroatoms. The lowest BCUT2D eigenvalue weighted by molar-refractivity contribution is 0.0940. The molecule has 4 rings (SSSR count). The molecular formula is C28H32N2OS. The van der Waals surface area contributed by atoms with Crippen LogP contribution in [0.25, 0.3) is 0 Å². The van der Waals surface area contributed by atoms with Crippen LogP contribution in [0.2, 0.25) is 0 Å². The summed E-state index contributed by atoms with van der Waals surface area (Å²) in [5, 5.41) is 3.14. The Morgan fingerprint density at radius 2 is 1.62 bits per heavy atom. The van der Waals surface area contributed by atoms with Crippen LogP contribution in [-0.2, 0) is 5.75 Å². The van der Waals surface area contributed by atoms with Gasteiger partial charge in [-0.2, -0.15) is 0 Å². The van der Waals surface area contributed by atoms with Gasteiger partial charge in [0.1, 0.15) is 0 Å². The van der Waals surface area contributed by atoms with Crippen LogP contribution in [0.15, 0.2) is 83.8 Å². The van der Waals surface area contributed by atoms with Crippen molar-refractivity contribution in [3.8, 4) is 0 Å². The molecule has 1 fully saturated rings. The van der Waals surface area contributed by atoms with Crippen LogP contribution in [0.4, 0.5) is 5.69 Å². The number of anilines is 1. The second kappa shape index (κ2) is 10.7. The van der Waals surface area contributed by atoms with Gasteiger partial charge in [0.2, 0.25) is 0 Å². The number of rotatable bonds is 7. The molecule has 1 aliphatic rings. The molecule has 0 radical (unpaired) electrons. The van der Waals surface area contributed by atoms with E-state index >= 15 is 0 Å². The molecule has 0 aliphatic carbocycles. The van der Waals surface area contributed by atoms with Crippen LogP contribution in [-0.4, -0.2) is 19.0 Å². The monoisotopic (exact) mass is 444 g/mol. The molecule has 1 unspecified atom stereocenters. The Morgan fingerprint density at radius 1 is 0.969 bits per heavy atom. The summed E-state index contributed by atoms with van der Waals surface area (Å²) in [5.41, 5.74) is 4.32. The Bertz CT molecular complexity index is 994. The standard InChI is InChI=1S/C28H32N2OS/c1-21-16-18-30(19-17-21)26-14-12-24(13-15-26)22(2)29-28(31)25-10-8-23(9-11-25)20-32-27-6-4-3-5-7-27/h3-15,21-22H,16-20H2,1-2H3,(H,29,31). The van der Waals surface area contributed by atoms with E-state index in [1.54, 1.807) is 11.8 Å². The average Bonchev–Trinajstić information content (AvgIpc) is 2.84. The minimum Gasteiger partial charge on any atom is -0.372 e. The molecule has 3 nitrogen and oxygen atoms in total. The van der Waals surface area contributed by atoms with E-state index in [1.165, 1.54) is 29.0 Å². The quantitative estimate of drug-likeness (QED) is 0.411. The fourth-order valence-corrected chi connectivity index (χ4v) is 4.92. The smallest absolute Gasteiger partial charge is 0.251 e. The number of amides is 1. The van der Waals surface area contributed by atoms with E-state index in [1.807, 2.05) is 37.3 Å². The fourth-order valence-electron chi connectivity index (χ4n) is 4.04. The van der Waals surface area contributed by atoms with Crippen LogP contribution < -0.4 is 10.2 Å². The van der Waals surface area contributed by atoms with Gasteiger partial charge in [0, 0.05) is 35.0 Å². The molecule has 1 N–H and O–H groups in total. The summed E-state index contributed by atoms with van der Waals surface area (Å²) in [7, 11) is 0. The Kier molecular flexibility index (Phi) is 7.54. The third kappa shape index (κ3) is 5.95. The van der Waals surface area contributed by atoms with Gasteiger partial charge in [0.05, 0.1) is 6.04 Å². The predicted molar refractivity (Wildman–Crippen MR) is 135 cm³/mol.